The van der Waals surface area contributed by atoms with Crippen LogP contribution in [0.25, 0.3) is 0 Å². The summed E-state index contributed by atoms with van der Waals surface area (Å²) >= 11 is 0. The summed E-state index contributed by atoms with van der Waals surface area (Å²) < 4.78 is 19.1. The Morgan fingerprint density at radius 2 is 1.21 bits per heavy atom. The van der Waals surface area contributed by atoms with Crippen LogP contribution < -0.4 is 9.34 Å². The molecule has 0 saturated carbocycles. The van der Waals surface area contributed by atoms with Crippen LogP contribution in [-0.4, -0.2) is 19.3 Å². The van der Waals surface area contributed by atoms with Crippen LogP contribution in [0.1, 0.15) is 17.6 Å². The number of nitrogens with zero attached hydrogens (tertiary/aromatic N) is 2. The number of hydrogen-bond donors (Lipinski definition) is 1. The minimum atomic E-state index is -3.07. The van der Waals surface area contributed by atoms with Gasteiger partial charge in [-0.2, -0.15) is 0 Å². The van der Waals surface area contributed by atoms with E-state index in [4.69, 9.17) is 5.41 Å². The Balaban J connectivity index is 1.88. The second-order valence-electron chi connectivity index (χ2n) is 6.87. The van der Waals surface area contributed by atoms with E-state index in [2.05, 4.69) is 9.34 Å². The molecule has 3 aromatic carbocycles. The minimum Gasteiger partial charge on any atom is -0.313 e. The van der Waals surface area contributed by atoms with Gasteiger partial charge in [0.25, 0.3) is 7.44 Å². The third-order valence-electron chi connectivity index (χ3n) is 5.26. The van der Waals surface area contributed by atoms with Crippen molar-refractivity contribution in [3.63, 3.8) is 0 Å². The maximum atomic E-state index is 14.9. The van der Waals surface area contributed by atoms with Gasteiger partial charge >= 0.3 is 0 Å². The van der Waals surface area contributed by atoms with E-state index in [0.717, 1.165) is 16.9 Å². The van der Waals surface area contributed by atoms with Crippen LogP contribution in [0.3, 0.4) is 0 Å². The third kappa shape index (κ3) is 3.25. The van der Waals surface area contributed by atoms with E-state index in [0.29, 0.717) is 19.5 Å². The highest BCUT2D eigenvalue weighted by Gasteiger charge is 2.49. The Labute approximate surface area is 166 Å². The van der Waals surface area contributed by atoms with Crippen molar-refractivity contribution < 1.29 is 4.57 Å². The van der Waals surface area contributed by atoms with E-state index in [1.807, 2.05) is 91.0 Å². The summed E-state index contributed by atoms with van der Waals surface area (Å²) in [5, 5.41) is 7.79. The van der Waals surface area contributed by atoms with Crippen molar-refractivity contribution in [3.8, 4) is 0 Å². The molecular weight excluding hydrogens is 365 g/mol. The first-order chi connectivity index (χ1) is 13.7. The maximum absolute atomic E-state index is 14.9. The Hall–Kier alpha value is -2.84. The summed E-state index contributed by atoms with van der Waals surface area (Å²) in [7, 11) is -3.07. The first-order valence-corrected chi connectivity index (χ1v) is 11.2. The van der Waals surface area contributed by atoms with E-state index in [-0.39, 0.29) is 5.66 Å². The van der Waals surface area contributed by atoms with Crippen molar-refractivity contribution in [2.24, 2.45) is 0 Å². The smallest absolute Gasteiger partial charge is 0.270 e. The molecule has 1 atom stereocenters. The van der Waals surface area contributed by atoms with Gasteiger partial charge in [0.2, 0.25) is 0 Å². The van der Waals surface area contributed by atoms with Crippen LogP contribution in [0.4, 0.5) is 11.4 Å². The molecule has 4 nitrogen and oxygen atoms in total. The van der Waals surface area contributed by atoms with Crippen molar-refractivity contribution in [1.82, 2.24) is 0 Å². The predicted octanol–water partition coefficient (Wildman–Crippen LogP) is 5.99. The van der Waals surface area contributed by atoms with Gasteiger partial charge in [-0.1, -0.05) is 66.7 Å². The molecule has 1 fully saturated rings. The zero-order valence-electron chi connectivity index (χ0n) is 15.7. The fraction of sp³-hybridized carbons (Fsp3) is 0.174. The fourth-order valence-electron chi connectivity index (χ4n) is 3.99. The lowest BCUT2D eigenvalue weighted by Crippen LogP contribution is -2.24. The van der Waals surface area contributed by atoms with Crippen molar-refractivity contribution >= 4 is 25.0 Å². The lowest BCUT2D eigenvalue weighted by molar-refractivity contribution is 0.565. The highest BCUT2D eigenvalue weighted by atomic mass is 31.2. The molecule has 0 amide bonds. The van der Waals surface area contributed by atoms with Crippen molar-refractivity contribution in [2.45, 2.75) is 12.1 Å². The standard InChI is InChI=1S/C23H24N3OP/c24-17-16-23(20-10-4-1-5-11-20)28(27)25(21-12-6-2-7-13-21)18-19-26(28)22-14-8-3-9-15-22/h1-15,17,23-24H,16,18-19H2. The number of para-hydroxylation sites is 2. The topological polar surface area (TPSA) is 47.4 Å². The average Bonchev–Trinajstić information content (AvgIpc) is 3.11. The molecule has 0 aliphatic carbocycles. The number of rotatable bonds is 6. The van der Waals surface area contributed by atoms with Crippen LogP contribution in [0.2, 0.25) is 0 Å². The third-order valence-corrected chi connectivity index (χ3v) is 8.82. The largest absolute Gasteiger partial charge is 0.313 e. The molecule has 0 aromatic heterocycles. The van der Waals surface area contributed by atoms with E-state index in [1.165, 1.54) is 6.21 Å². The first kappa shape index (κ1) is 18.5. The molecule has 1 aliphatic heterocycles. The lowest BCUT2D eigenvalue weighted by Gasteiger charge is -2.38. The molecular formula is C23H24N3OP. The second-order valence-corrected chi connectivity index (χ2v) is 9.64. The van der Waals surface area contributed by atoms with Crippen molar-refractivity contribution in [2.75, 3.05) is 22.4 Å². The second kappa shape index (κ2) is 8.04. The van der Waals surface area contributed by atoms with Crippen molar-refractivity contribution in [3.05, 3.63) is 96.6 Å². The minimum absolute atomic E-state index is 0.269. The molecule has 0 radical (unpaired) electrons. The zero-order chi connectivity index (χ0) is 19.4. The first-order valence-electron chi connectivity index (χ1n) is 9.55. The van der Waals surface area contributed by atoms with E-state index >= 15 is 0 Å². The summed E-state index contributed by atoms with van der Waals surface area (Å²) in [6.45, 7) is 1.38. The molecule has 1 aliphatic rings. The van der Waals surface area contributed by atoms with Gasteiger partial charge in [-0.3, -0.25) is 4.57 Å². The van der Waals surface area contributed by atoms with Gasteiger partial charge in [-0.05, 0) is 42.5 Å². The molecule has 1 N–H and O–H groups in total. The molecule has 1 heterocycles. The molecule has 3 aromatic rings. The van der Waals surface area contributed by atoms with E-state index < -0.39 is 7.44 Å². The number of hydrogen-bond acceptors (Lipinski definition) is 2. The average molecular weight is 389 g/mol. The summed E-state index contributed by atoms with van der Waals surface area (Å²) in [5.74, 6) is 0. The number of nitrogens with one attached hydrogen (secondary N) is 1. The number of benzene rings is 3. The lowest BCUT2D eigenvalue weighted by atomic mass is 10.1. The Morgan fingerprint density at radius 3 is 1.64 bits per heavy atom. The molecule has 0 bridgehead atoms. The monoisotopic (exact) mass is 389 g/mol. The van der Waals surface area contributed by atoms with Crippen molar-refractivity contribution in [1.29, 1.82) is 5.41 Å². The Kier molecular flexibility index (Phi) is 5.31. The number of anilines is 2. The SMILES string of the molecule is N=CCC(c1ccccc1)P1(=O)N(c2ccccc2)CCN1c1ccccc1. The summed E-state index contributed by atoms with van der Waals surface area (Å²) in [4.78, 5) is 0. The molecule has 1 unspecified atom stereocenters. The molecule has 1 saturated heterocycles. The quantitative estimate of drug-likeness (QED) is 0.416. The Morgan fingerprint density at radius 1 is 0.786 bits per heavy atom. The van der Waals surface area contributed by atoms with E-state index in [9.17, 15) is 4.57 Å². The van der Waals surface area contributed by atoms with Crippen LogP contribution in [0.15, 0.2) is 91.0 Å². The van der Waals surface area contributed by atoms with Gasteiger partial charge < -0.3 is 14.8 Å². The summed E-state index contributed by atoms with van der Waals surface area (Å²) in [6, 6.07) is 30.0. The van der Waals surface area contributed by atoms with Crippen LogP contribution in [0.5, 0.6) is 0 Å². The molecule has 28 heavy (non-hydrogen) atoms. The molecule has 4 rings (SSSR count). The fourth-order valence-corrected chi connectivity index (χ4v) is 7.54. The van der Waals surface area contributed by atoms with Crippen LogP contribution in [0, 0.1) is 5.41 Å². The highest BCUT2D eigenvalue weighted by molar-refractivity contribution is 7.68. The predicted molar refractivity (Wildman–Crippen MR) is 118 cm³/mol. The summed E-state index contributed by atoms with van der Waals surface area (Å²) in [5.41, 5.74) is 2.68. The van der Waals surface area contributed by atoms with Gasteiger partial charge in [0.1, 0.15) is 0 Å². The van der Waals surface area contributed by atoms with Gasteiger partial charge in [-0.25, -0.2) is 0 Å². The van der Waals surface area contributed by atoms with Gasteiger partial charge in [0.15, 0.2) is 0 Å². The molecule has 5 heteroatoms. The summed E-state index contributed by atoms with van der Waals surface area (Å²) in [6.07, 6.45) is 1.83. The molecule has 0 spiro atoms. The van der Waals surface area contributed by atoms with Gasteiger partial charge in [-0.15, -0.1) is 0 Å². The zero-order valence-corrected chi connectivity index (χ0v) is 16.6. The highest BCUT2D eigenvalue weighted by Crippen LogP contribution is 2.69. The Bertz CT molecular complexity index is 911. The van der Waals surface area contributed by atoms with Crippen LogP contribution >= 0.6 is 7.44 Å². The van der Waals surface area contributed by atoms with Crippen LogP contribution in [-0.2, 0) is 4.57 Å². The normalized spacial score (nSPS) is 16.7. The van der Waals surface area contributed by atoms with Gasteiger partial charge in [0, 0.05) is 24.5 Å². The maximum Gasteiger partial charge on any atom is 0.270 e. The molecule has 142 valence electrons. The van der Waals surface area contributed by atoms with Gasteiger partial charge in [0.05, 0.1) is 5.66 Å². The van der Waals surface area contributed by atoms with E-state index in [1.54, 1.807) is 0 Å².